The van der Waals surface area contributed by atoms with Gasteiger partial charge in [0.2, 0.25) is 0 Å². The van der Waals surface area contributed by atoms with E-state index in [0.29, 0.717) is 21.8 Å². The van der Waals surface area contributed by atoms with E-state index < -0.39 is 22.6 Å². The highest BCUT2D eigenvalue weighted by Crippen LogP contribution is 2.24. The molecule has 3 aromatic rings. The lowest BCUT2D eigenvalue weighted by molar-refractivity contribution is -0.384. The molecular formula is C23H16Cl2FN3O4. The quantitative estimate of drug-likeness (QED) is 0.262. The number of benzene rings is 3. The van der Waals surface area contributed by atoms with Crippen LogP contribution in [0.15, 0.2) is 66.4 Å². The summed E-state index contributed by atoms with van der Waals surface area (Å²) in [6.07, 6.45) is 1.28. The Kier molecular flexibility index (Phi) is 7.42. The average molecular weight is 488 g/mol. The number of hydrogen-bond acceptors (Lipinski definition) is 4. The Bertz CT molecular complexity index is 1290. The fourth-order valence-corrected chi connectivity index (χ4v) is 3.28. The Morgan fingerprint density at radius 2 is 1.76 bits per heavy atom. The van der Waals surface area contributed by atoms with Gasteiger partial charge in [-0.3, -0.25) is 19.7 Å². The standard InChI is InChI=1S/C23H16Cl2FN3O4/c1-13-18(24)6-3-7-20(13)27-23(31)21(11-14-4-2-5-16(10-14)29(32)33)28-22(30)17-9-8-15(26)12-19(17)25/h2-12H,1H3,(H,27,31)(H,28,30). The van der Waals surface area contributed by atoms with E-state index in [0.717, 1.165) is 12.1 Å². The van der Waals surface area contributed by atoms with E-state index in [1.165, 1.54) is 36.4 Å². The zero-order chi connectivity index (χ0) is 24.1. The topological polar surface area (TPSA) is 101 Å². The number of nitro benzene ring substituents is 1. The normalized spacial score (nSPS) is 11.1. The number of nitrogens with zero attached hydrogens (tertiary/aromatic N) is 1. The van der Waals surface area contributed by atoms with Gasteiger partial charge in [0.05, 0.1) is 15.5 Å². The van der Waals surface area contributed by atoms with Gasteiger partial charge in [0, 0.05) is 22.8 Å². The lowest BCUT2D eigenvalue weighted by Gasteiger charge is -2.14. The van der Waals surface area contributed by atoms with Crippen LogP contribution >= 0.6 is 23.2 Å². The second-order valence-corrected chi connectivity index (χ2v) is 7.67. The van der Waals surface area contributed by atoms with Crippen molar-refractivity contribution in [3.63, 3.8) is 0 Å². The minimum absolute atomic E-state index is 0.0604. The number of halogens is 3. The number of rotatable bonds is 6. The third kappa shape index (κ3) is 5.94. The van der Waals surface area contributed by atoms with Crippen LogP contribution in [0.25, 0.3) is 6.08 Å². The first-order chi connectivity index (χ1) is 15.7. The SMILES string of the molecule is Cc1c(Cl)cccc1NC(=O)C(=Cc1cccc([N+](=O)[O-])c1)NC(=O)c1ccc(F)cc1Cl. The van der Waals surface area contributed by atoms with E-state index in [-0.39, 0.29) is 22.0 Å². The molecule has 0 radical (unpaired) electrons. The van der Waals surface area contributed by atoms with Gasteiger partial charge in [-0.1, -0.05) is 41.4 Å². The summed E-state index contributed by atoms with van der Waals surface area (Å²) >= 11 is 12.1. The summed E-state index contributed by atoms with van der Waals surface area (Å²) in [7, 11) is 0. The maximum absolute atomic E-state index is 13.3. The predicted octanol–water partition coefficient (Wildman–Crippen LogP) is 5.76. The number of non-ortho nitro benzene ring substituents is 1. The Morgan fingerprint density at radius 1 is 1.03 bits per heavy atom. The van der Waals surface area contributed by atoms with Crippen LogP contribution in [0.1, 0.15) is 21.5 Å². The van der Waals surface area contributed by atoms with Gasteiger partial charge in [0.1, 0.15) is 11.5 Å². The Labute approximate surface area is 198 Å². The highest BCUT2D eigenvalue weighted by atomic mass is 35.5. The molecule has 0 aliphatic heterocycles. The van der Waals surface area contributed by atoms with Crippen molar-refractivity contribution in [2.45, 2.75) is 6.92 Å². The first-order valence-corrected chi connectivity index (χ1v) is 10.2. The van der Waals surface area contributed by atoms with Gasteiger partial charge in [-0.15, -0.1) is 0 Å². The zero-order valence-electron chi connectivity index (χ0n) is 17.1. The molecule has 0 atom stereocenters. The van der Waals surface area contributed by atoms with E-state index in [2.05, 4.69) is 10.6 Å². The molecule has 0 saturated heterocycles. The van der Waals surface area contributed by atoms with Gasteiger partial charge in [0.15, 0.2) is 0 Å². The third-order valence-electron chi connectivity index (χ3n) is 4.58. The molecule has 3 rings (SSSR count). The Hall–Kier alpha value is -3.75. The zero-order valence-corrected chi connectivity index (χ0v) is 18.6. The summed E-state index contributed by atoms with van der Waals surface area (Å²) in [5, 5.41) is 16.5. The number of nitrogens with one attached hydrogen (secondary N) is 2. The molecule has 2 amide bonds. The Balaban J connectivity index is 1.99. The first-order valence-electron chi connectivity index (χ1n) is 9.44. The van der Waals surface area contributed by atoms with E-state index in [1.807, 2.05) is 0 Å². The van der Waals surface area contributed by atoms with Crippen LogP contribution in [0, 0.1) is 22.9 Å². The number of carbonyl (C=O) groups excluding carboxylic acids is 2. The van der Waals surface area contributed by atoms with Crippen LogP contribution in [-0.2, 0) is 4.79 Å². The van der Waals surface area contributed by atoms with Crippen LogP contribution in [-0.4, -0.2) is 16.7 Å². The third-order valence-corrected chi connectivity index (χ3v) is 5.30. The highest BCUT2D eigenvalue weighted by Gasteiger charge is 2.19. The molecule has 7 nitrogen and oxygen atoms in total. The maximum atomic E-state index is 13.3. The molecule has 3 aromatic carbocycles. The molecule has 0 saturated carbocycles. The van der Waals surface area contributed by atoms with Gasteiger partial charge in [-0.05, 0) is 54.5 Å². The second kappa shape index (κ2) is 10.2. The lowest BCUT2D eigenvalue weighted by Crippen LogP contribution is -2.31. The maximum Gasteiger partial charge on any atom is 0.272 e. The smallest absolute Gasteiger partial charge is 0.272 e. The van der Waals surface area contributed by atoms with Gasteiger partial charge >= 0.3 is 0 Å². The van der Waals surface area contributed by atoms with Crippen molar-refractivity contribution in [2.24, 2.45) is 0 Å². The average Bonchev–Trinajstić information content (AvgIpc) is 2.76. The number of nitro groups is 1. The van der Waals surface area contributed by atoms with Crippen LogP contribution in [0.2, 0.25) is 10.0 Å². The minimum Gasteiger partial charge on any atom is -0.320 e. The van der Waals surface area contributed by atoms with Gasteiger partial charge in [-0.2, -0.15) is 0 Å². The molecule has 33 heavy (non-hydrogen) atoms. The fourth-order valence-electron chi connectivity index (χ4n) is 2.85. The van der Waals surface area contributed by atoms with Crippen molar-refractivity contribution in [2.75, 3.05) is 5.32 Å². The molecule has 0 unspecified atom stereocenters. The predicted molar refractivity (Wildman–Crippen MR) is 125 cm³/mol. The van der Waals surface area contributed by atoms with Crippen molar-refractivity contribution in [1.29, 1.82) is 0 Å². The van der Waals surface area contributed by atoms with Crippen LogP contribution in [0.4, 0.5) is 15.8 Å². The highest BCUT2D eigenvalue weighted by molar-refractivity contribution is 6.34. The molecule has 0 aliphatic carbocycles. The summed E-state index contributed by atoms with van der Waals surface area (Å²) in [4.78, 5) is 36.3. The summed E-state index contributed by atoms with van der Waals surface area (Å²) in [5.74, 6) is -2.11. The van der Waals surface area contributed by atoms with Crippen molar-refractivity contribution in [3.8, 4) is 0 Å². The molecule has 0 aliphatic rings. The fraction of sp³-hybridized carbons (Fsp3) is 0.0435. The van der Waals surface area contributed by atoms with Crippen LogP contribution in [0.3, 0.4) is 0 Å². The van der Waals surface area contributed by atoms with Gasteiger partial charge in [-0.25, -0.2) is 4.39 Å². The largest absolute Gasteiger partial charge is 0.320 e. The molecule has 2 N–H and O–H groups in total. The van der Waals surface area contributed by atoms with Crippen molar-refractivity contribution in [1.82, 2.24) is 5.32 Å². The molecule has 168 valence electrons. The van der Waals surface area contributed by atoms with Gasteiger partial charge < -0.3 is 10.6 Å². The molecule has 0 fully saturated rings. The molecule has 0 bridgehead atoms. The number of carbonyl (C=O) groups is 2. The van der Waals surface area contributed by atoms with Crippen LogP contribution in [0.5, 0.6) is 0 Å². The molecule has 10 heteroatoms. The van der Waals surface area contributed by atoms with Crippen molar-refractivity contribution in [3.05, 3.63) is 109 Å². The van der Waals surface area contributed by atoms with Crippen LogP contribution < -0.4 is 10.6 Å². The summed E-state index contributed by atoms with van der Waals surface area (Å²) in [5.41, 5.74) is 0.835. The van der Waals surface area contributed by atoms with Crippen molar-refractivity contribution >= 4 is 52.5 Å². The van der Waals surface area contributed by atoms with E-state index in [9.17, 15) is 24.1 Å². The number of amides is 2. The molecule has 0 heterocycles. The minimum atomic E-state index is -0.769. The van der Waals surface area contributed by atoms with E-state index in [4.69, 9.17) is 23.2 Å². The van der Waals surface area contributed by atoms with E-state index in [1.54, 1.807) is 25.1 Å². The summed E-state index contributed by atoms with van der Waals surface area (Å²) in [6.45, 7) is 1.71. The van der Waals surface area contributed by atoms with E-state index >= 15 is 0 Å². The monoisotopic (exact) mass is 487 g/mol. The molecule has 0 spiro atoms. The van der Waals surface area contributed by atoms with Crippen molar-refractivity contribution < 1.29 is 18.9 Å². The Morgan fingerprint density at radius 3 is 2.45 bits per heavy atom. The number of hydrogen-bond donors (Lipinski definition) is 2. The second-order valence-electron chi connectivity index (χ2n) is 6.85. The van der Waals surface area contributed by atoms with Gasteiger partial charge in [0.25, 0.3) is 17.5 Å². The first kappa shape index (κ1) is 23.9. The number of anilines is 1. The summed E-state index contributed by atoms with van der Waals surface area (Å²) < 4.78 is 13.3. The molecule has 0 aromatic heterocycles. The molecular weight excluding hydrogens is 472 g/mol. The lowest BCUT2D eigenvalue weighted by atomic mass is 10.1. The summed E-state index contributed by atoms with van der Waals surface area (Å²) in [6, 6.07) is 13.6.